The Bertz CT molecular complexity index is 1190. The number of carbonyl (C=O) groups excluding carboxylic acids is 2. The summed E-state index contributed by atoms with van der Waals surface area (Å²) in [4.78, 5) is 27.6. The van der Waals surface area contributed by atoms with E-state index in [1.807, 2.05) is 37.3 Å². The number of nitrogens with zero attached hydrogens (tertiary/aromatic N) is 1. The molecule has 5 nitrogen and oxygen atoms in total. The van der Waals surface area contributed by atoms with Gasteiger partial charge >= 0.3 is 0 Å². The molecule has 174 valence electrons. The quantitative estimate of drug-likeness (QED) is 0.283. The lowest BCUT2D eigenvalue weighted by molar-refractivity contribution is -0.139. The number of ether oxygens (including phenoxy) is 1. The molecule has 0 spiro atoms. The smallest absolute Gasteiger partial charge is 0.295 e. The van der Waals surface area contributed by atoms with Gasteiger partial charge in [0.15, 0.2) is 0 Å². The van der Waals surface area contributed by atoms with E-state index in [1.165, 1.54) is 29.2 Å². The minimum absolute atomic E-state index is 0.00750. The van der Waals surface area contributed by atoms with Crippen molar-refractivity contribution in [1.82, 2.24) is 4.90 Å². The molecule has 0 bridgehead atoms. The van der Waals surface area contributed by atoms with Crippen LogP contribution < -0.4 is 4.74 Å². The Morgan fingerprint density at radius 2 is 1.65 bits per heavy atom. The van der Waals surface area contributed by atoms with Crippen LogP contribution in [0.1, 0.15) is 36.1 Å². The van der Waals surface area contributed by atoms with Crippen LogP contribution in [0.5, 0.6) is 5.75 Å². The van der Waals surface area contributed by atoms with Crippen LogP contribution in [0.3, 0.4) is 0 Å². The lowest BCUT2D eigenvalue weighted by Gasteiger charge is -2.25. The van der Waals surface area contributed by atoms with E-state index in [0.717, 1.165) is 12.0 Å². The third kappa shape index (κ3) is 4.86. The van der Waals surface area contributed by atoms with Crippen LogP contribution >= 0.6 is 0 Å². The van der Waals surface area contributed by atoms with Crippen LogP contribution in [0.4, 0.5) is 4.39 Å². The van der Waals surface area contributed by atoms with Gasteiger partial charge in [0.1, 0.15) is 17.3 Å². The van der Waals surface area contributed by atoms with E-state index in [-0.39, 0.29) is 17.9 Å². The minimum atomic E-state index is -0.819. The SMILES string of the molecule is CCCOc1ccc(/C(O)=C2\C(=O)C(=O)N(CCc3ccccc3)C2c2ccc(F)cc2)cc1. The second-order valence-electron chi connectivity index (χ2n) is 8.15. The summed E-state index contributed by atoms with van der Waals surface area (Å²) in [5.41, 5.74) is 1.96. The highest BCUT2D eigenvalue weighted by Gasteiger charge is 2.45. The topological polar surface area (TPSA) is 66.8 Å². The third-order valence-corrected chi connectivity index (χ3v) is 5.81. The van der Waals surface area contributed by atoms with Crippen molar-refractivity contribution in [2.24, 2.45) is 0 Å². The zero-order valence-electron chi connectivity index (χ0n) is 18.9. The number of benzene rings is 3. The van der Waals surface area contributed by atoms with Gasteiger partial charge in [0, 0.05) is 12.1 Å². The maximum absolute atomic E-state index is 13.6. The molecule has 1 unspecified atom stereocenters. The Labute approximate surface area is 198 Å². The molecule has 1 heterocycles. The van der Waals surface area contributed by atoms with Gasteiger partial charge in [-0.15, -0.1) is 0 Å². The second-order valence-corrected chi connectivity index (χ2v) is 8.15. The largest absolute Gasteiger partial charge is 0.507 e. The second kappa shape index (κ2) is 10.3. The fraction of sp³-hybridized carbons (Fsp3) is 0.214. The number of hydrogen-bond donors (Lipinski definition) is 1. The number of aliphatic hydroxyl groups excluding tert-OH is 1. The van der Waals surface area contributed by atoms with Crippen LogP contribution in [-0.2, 0) is 16.0 Å². The summed E-state index contributed by atoms with van der Waals surface area (Å²) in [7, 11) is 0. The predicted molar refractivity (Wildman–Crippen MR) is 128 cm³/mol. The van der Waals surface area contributed by atoms with E-state index in [9.17, 15) is 19.1 Å². The molecule has 4 rings (SSSR count). The van der Waals surface area contributed by atoms with Gasteiger partial charge < -0.3 is 14.7 Å². The maximum atomic E-state index is 13.6. The van der Waals surface area contributed by atoms with Gasteiger partial charge in [0.2, 0.25) is 0 Å². The standard InChI is InChI=1S/C28H26FNO4/c1-2-18-34-23-14-10-21(11-15-23)26(31)24-25(20-8-12-22(29)13-9-20)30(28(33)27(24)32)17-16-19-6-4-3-5-7-19/h3-15,25,31H,2,16-18H2,1H3/b26-24+. The van der Waals surface area contributed by atoms with Crippen molar-refractivity contribution in [3.8, 4) is 5.75 Å². The van der Waals surface area contributed by atoms with Crippen LogP contribution in [0.15, 0.2) is 84.4 Å². The first-order valence-corrected chi connectivity index (χ1v) is 11.3. The Balaban J connectivity index is 1.72. The van der Waals surface area contributed by atoms with Crippen molar-refractivity contribution in [2.75, 3.05) is 13.2 Å². The molecule has 3 aromatic rings. The van der Waals surface area contributed by atoms with Crippen LogP contribution in [0, 0.1) is 5.82 Å². The molecule has 6 heteroatoms. The van der Waals surface area contributed by atoms with Crippen LogP contribution in [0.25, 0.3) is 5.76 Å². The average Bonchev–Trinajstić information content (AvgIpc) is 3.12. The third-order valence-electron chi connectivity index (χ3n) is 5.81. The zero-order chi connectivity index (χ0) is 24.1. The molecule has 1 N–H and O–H groups in total. The maximum Gasteiger partial charge on any atom is 0.295 e. The summed E-state index contributed by atoms with van der Waals surface area (Å²) in [5.74, 6) is -1.48. The van der Waals surface area contributed by atoms with Gasteiger partial charge in [-0.05, 0) is 60.4 Å². The van der Waals surface area contributed by atoms with Crippen molar-refractivity contribution in [3.05, 3.63) is 107 Å². The first-order chi connectivity index (χ1) is 16.5. The molecule has 0 aromatic heterocycles. The number of rotatable bonds is 8. The molecule has 1 atom stereocenters. The van der Waals surface area contributed by atoms with Crippen molar-refractivity contribution < 1.29 is 23.8 Å². The number of likely N-dealkylation sites (tertiary alicyclic amines) is 1. The molecule has 1 aliphatic rings. The van der Waals surface area contributed by atoms with Gasteiger partial charge in [0.25, 0.3) is 11.7 Å². The van der Waals surface area contributed by atoms with E-state index in [4.69, 9.17) is 4.74 Å². The van der Waals surface area contributed by atoms with E-state index in [0.29, 0.717) is 29.9 Å². The summed E-state index contributed by atoms with van der Waals surface area (Å²) in [6.07, 6.45) is 1.40. The normalized spacial score (nSPS) is 17.2. The van der Waals surface area contributed by atoms with Gasteiger partial charge in [-0.3, -0.25) is 9.59 Å². The molecular formula is C28H26FNO4. The lowest BCUT2D eigenvalue weighted by Crippen LogP contribution is -2.31. The van der Waals surface area contributed by atoms with Gasteiger partial charge in [-0.2, -0.15) is 0 Å². The highest BCUT2D eigenvalue weighted by molar-refractivity contribution is 6.46. The number of Topliss-reactive ketones (excluding diaryl/α,β-unsaturated/α-hetero) is 1. The molecule has 1 fully saturated rings. The lowest BCUT2D eigenvalue weighted by atomic mass is 9.95. The number of halogens is 1. The zero-order valence-corrected chi connectivity index (χ0v) is 18.9. The Kier molecular flexibility index (Phi) is 7.07. The van der Waals surface area contributed by atoms with Gasteiger partial charge in [-0.25, -0.2) is 4.39 Å². The highest BCUT2D eigenvalue weighted by atomic mass is 19.1. The molecule has 1 amide bonds. The number of ketones is 1. The van der Waals surface area contributed by atoms with Crippen LogP contribution in [-0.4, -0.2) is 34.8 Å². The van der Waals surface area contributed by atoms with Gasteiger partial charge in [-0.1, -0.05) is 49.4 Å². The predicted octanol–water partition coefficient (Wildman–Crippen LogP) is 5.28. The summed E-state index contributed by atoms with van der Waals surface area (Å²) in [6, 6.07) is 21.2. The molecule has 3 aromatic carbocycles. The Morgan fingerprint density at radius 3 is 2.29 bits per heavy atom. The minimum Gasteiger partial charge on any atom is -0.507 e. The number of carbonyl (C=O) groups is 2. The van der Waals surface area contributed by atoms with Crippen molar-refractivity contribution >= 4 is 17.4 Å². The summed E-state index contributed by atoms with van der Waals surface area (Å²) in [6.45, 7) is 2.85. The van der Waals surface area contributed by atoms with Crippen molar-refractivity contribution in [1.29, 1.82) is 0 Å². The fourth-order valence-electron chi connectivity index (χ4n) is 4.08. The summed E-state index contributed by atoms with van der Waals surface area (Å²) >= 11 is 0. The molecule has 0 radical (unpaired) electrons. The van der Waals surface area contributed by atoms with Crippen molar-refractivity contribution in [3.63, 3.8) is 0 Å². The number of amides is 1. The summed E-state index contributed by atoms with van der Waals surface area (Å²) < 4.78 is 19.2. The first kappa shape index (κ1) is 23.2. The highest BCUT2D eigenvalue weighted by Crippen LogP contribution is 2.39. The molecule has 1 aliphatic heterocycles. The monoisotopic (exact) mass is 459 g/mol. The van der Waals surface area contributed by atoms with E-state index < -0.39 is 23.5 Å². The van der Waals surface area contributed by atoms with Gasteiger partial charge in [0.05, 0.1) is 18.2 Å². The van der Waals surface area contributed by atoms with Crippen molar-refractivity contribution in [2.45, 2.75) is 25.8 Å². The molecular weight excluding hydrogens is 433 g/mol. The first-order valence-electron chi connectivity index (χ1n) is 11.3. The number of aliphatic hydroxyl groups is 1. The molecule has 0 saturated carbocycles. The molecule has 34 heavy (non-hydrogen) atoms. The molecule has 0 aliphatic carbocycles. The summed E-state index contributed by atoms with van der Waals surface area (Å²) in [5, 5.41) is 11.1. The van der Waals surface area contributed by atoms with E-state index >= 15 is 0 Å². The van der Waals surface area contributed by atoms with E-state index in [1.54, 1.807) is 24.3 Å². The number of hydrogen-bond acceptors (Lipinski definition) is 4. The average molecular weight is 460 g/mol. The Hall–Kier alpha value is -3.93. The van der Waals surface area contributed by atoms with E-state index in [2.05, 4.69) is 0 Å². The fourth-order valence-corrected chi connectivity index (χ4v) is 4.08. The molecule has 1 saturated heterocycles. The Morgan fingerprint density at radius 1 is 0.971 bits per heavy atom. The van der Waals surface area contributed by atoms with Crippen LogP contribution in [0.2, 0.25) is 0 Å².